The number of para-hydroxylation sites is 1. The fourth-order valence-corrected chi connectivity index (χ4v) is 3.11. The molecule has 0 atom stereocenters. The first-order valence-electron chi connectivity index (χ1n) is 7.80. The molecule has 0 fully saturated rings. The molecule has 2 aromatic heterocycles. The van der Waals surface area contributed by atoms with Crippen molar-refractivity contribution in [2.75, 3.05) is 0 Å². The van der Waals surface area contributed by atoms with E-state index in [4.69, 9.17) is 4.52 Å². The monoisotopic (exact) mass is 343 g/mol. The number of nitrogens with zero attached hydrogens (tertiary/aromatic N) is 5. The maximum absolute atomic E-state index is 5.34. The van der Waals surface area contributed by atoms with E-state index in [-0.39, 0.29) is 5.41 Å². The summed E-state index contributed by atoms with van der Waals surface area (Å²) in [6.07, 6.45) is 0. The predicted octanol–water partition coefficient (Wildman–Crippen LogP) is 3.86. The first kappa shape index (κ1) is 16.7. The summed E-state index contributed by atoms with van der Waals surface area (Å²) in [5.74, 6) is 2.76. The molecule has 0 saturated carbocycles. The molecule has 2 heterocycles. The van der Waals surface area contributed by atoms with Crippen LogP contribution in [0.25, 0.3) is 5.69 Å². The molecule has 24 heavy (non-hydrogen) atoms. The summed E-state index contributed by atoms with van der Waals surface area (Å²) in [5, 5.41) is 13.4. The van der Waals surface area contributed by atoms with Gasteiger partial charge in [-0.25, -0.2) is 0 Å². The SMILES string of the molecule is Cc1ccccc1-n1c(C)nnc1SCc1noc(C(C)(C)C)n1. The standard InChI is InChI=1S/C17H21N5OS/c1-11-8-6-7-9-13(11)22-12(2)19-20-16(22)24-10-14-18-15(23-21-14)17(3,4)5/h6-9H,10H2,1-5H3. The van der Waals surface area contributed by atoms with Crippen molar-refractivity contribution in [3.63, 3.8) is 0 Å². The van der Waals surface area contributed by atoms with Crippen LogP contribution in [0.3, 0.4) is 0 Å². The second-order valence-corrected chi connectivity index (χ2v) is 7.65. The van der Waals surface area contributed by atoms with Crippen molar-refractivity contribution in [3.8, 4) is 5.69 Å². The van der Waals surface area contributed by atoms with E-state index in [0.717, 1.165) is 16.7 Å². The molecule has 0 N–H and O–H groups in total. The Morgan fingerprint density at radius 2 is 1.88 bits per heavy atom. The van der Waals surface area contributed by atoms with E-state index in [9.17, 15) is 0 Å². The number of hydrogen-bond acceptors (Lipinski definition) is 6. The third kappa shape index (κ3) is 3.36. The van der Waals surface area contributed by atoms with Gasteiger partial charge in [-0.1, -0.05) is 55.9 Å². The fourth-order valence-electron chi connectivity index (χ4n) is 2.27. The van der Waals surface area contributed by atoms with Gasteiger partial charge in [0.15, 0.2) is 11.0 Å². The van der Waals surface area contributed by atoms with E-state index in [1.807, 2.05) is 19.1 Å². The van der Waals surface area contributed by atoms with E-state index >= 15 is 0 Å². The van der Waals surface area contributed by atoms with Crippen LogP contribution in [-0.4, -0.2) is 24.9 Å². The number of benzene rings is 1. The topological polar surface area (TPSA) is 69.6 Å². The Labute approximate surface area is 145 Å². The lowest BCUT2D eigenvalue weighted by Gasteiger charge is -2.11. The molecule has 0 unspecified atom stereocenters. The smallest absolute Gasteiger partial charge is 0.232 e. The Hall–Kier alpha value is -2.15. The first-order valence-corrected chi connectivity index (χ1v) is 8.78. The van der Waals surface area contributed by atoms with Gasteiger partial charge in [-0.3, -0.25) is 4.57 Å². The average Bonchev–Trinajstić information content (AvgIpc) is 3.12. The van der Waals surface area contributed by atoms with Crippen LogP contribution in [0, 0.1) is 13.8 Å². The van der Waals surface area contributed by atoms with Crippen molar-refractivity contribution >= 4 is 11.8 Å². The minimum atomic E-state index is -0.145. The highest BCUT2D eigenvalue weighted by molar-refractivity contribution is 7.98. The molecule has 0 spiro atoms. The summed E-state index contributed by atoms with van der Waals surface area (Å²) in [6, 6.07) is 8.20. The van der Waals surface area contributed by atoms with Gasteiger partial charge in [0.1, 0.15) is 5.82 Å². The van der Waals surface area contributed by atoms with Gasteiger partial charge in [0, 0.05) is 5.41 Å². The van der Waals surface area contributed by atoms with Gasteiger partial charge in [0.2, 0.25) is 5.89 Å². The molecule has 7 heteroatoms. The highest BCUT2D eigenvalue weighted by Crippen LogP contribution is 2.27. The van der Waals surface area contributed by atoms with Crippen LogP contribution in [0.1, 0.15) is 43.9 Å². The molecule has 0 bridgehead atoms. The summed E-state index contributed by atoms with van der Waals surface area (Å²) >= 11 is 1.55. The van der Waals surface area contributed by atoms with Crippen LogP contribution < -0.4 is 0 Å². The lowest BCUT2D eigenvalue weighted by atomic mass is 9.97. The van der Waals surface area contributed by atoms with Crippen molar-refractivity contribution in [2.45, 2.75) is 50.9 Å². The maximum Gasteiger partial charge on any atom is 0.232 e. The minimum Gasteiger partial charge on any atom is -0.339 e. The zero-order valence-corrected chi connectivity index (χ0v) is 15.4. The summed E-state index contributed by atoms with van der Waals surface area (Å²) in [5.41, 5.74) is 2.12. The summed E-state index contributed by atoms with van der Waals surface area (Å²) in [7, 11) is 0. The van der Waals surface area contributed by atoms with Gasteiger partial charge in [-0.15, -0.1) is 10.2 Å². The van der Waals surface area contributed by atoms with Crippen molar-refractivity contribution in [2.24, 2.45) is 0 Å². The number of hydrogen-bond donors (Lipinski definition) is 0. The number of rotatable bonds is 4. The van der Waals surface area contributed by atoms with Crippen LogP contribution >= 0.6 is 11.8 Å². The van der Waals surface area contributed by atoms with Crippen molar-refractivity contribution < 1.29 is 4.52 Å². The molecule has 0 radical (unpaired) electrons. The summed E-state index contributed by atoms with van der Waals surface area (Å²) in [4.78, 5) is 4.47. The third-order valence-corrected chi connectivity index (χ3v) is 4.52. The molecule has 0 aliphatic heterocycles. The van der Waals surface area contributed by atoms with Crippen LogP contribution in [-0.2, 0) is 11.2 Å². The van der Waals surface area contributed by atoms with Crippen LogP contribution in [0.4, 0.5) is 0 Å². The molecule has 0 saturated heterocycles. The second kappa shape index (κ2) is 6.39. The van der Waals surface area contributed by atoms with Gasteiger partial charge in [0.05, 0.1) is 11.4 Å². The molecule has 1 aromatic carbocycles. The Bertz CT molecular complexity index is 847. The number of aryl methyl sites for hydroxylation is 2. The zero-order chi connectivity index (χ0) is 17.3. The van der Waals surface area contributed by atoms with E-state index in [1.165, 1.54) is 5.56 Å². The van der Waals surface area contributed by atoms with Gasteiger partial charge < -0.3 is 4.52 Å². The largest absolute Gasteiger partial charge is 0.339 e. The Morgan fingerprint density at radius 1 is 1.12 bits per heavy atom. The lowest BCUT2D eigenvalue weighted by Crippen LogP contribution is -2.11. The molecule has 0 aliphatic carbocycles. The maximum atomic E-state index is 5.34. The minimum absolute atomic E-state index is 0.145. The molecule has 0 aliphatic rings. The van der Waals surface area contributed by atoms with Gasteiger partial charge >= 0.3 is 0 Å². The van der Waals surface area contributed by atoms with Crippen LogP contribution in [0.15, 0.2) is 33.9 Å². The van der Waals surface area contributed by atoms with Crippen molar-refractivity contribution in [3.05, 3.63) is 47.4 Å². The van der Waals surface area contributed by atoms with Gasteiger partial charge in [0.25, 0.3) is 0 Å². The molecular weight excluding hydrogens is 322 g/mol. The van der Waals surface area contributed by atoms with Crippen LogP contribution in [0.5, 0.6) is 0 Å². The van der Waals surface area contributed by atoms with Gasteiger partial charge in [-0.05, 0) is 25.5 Å². The van der Waals surface area contributed by atoms with Crippen LogP contribution in [0.2, 0.25) is 0 Å². The van der Waals surface area contributed by atoms with E-state index in [2.05, 4.69) is 64.7 Å². The lowest BCUT2D eigenvalue weighted by molar-refractivity contribution is 0.319. The Balaban J connectivity index is 1.82. The van der Waals surface area contributed by atoms with E-state index in [1.54, 1.807) is 11.8 Å². The molecule has 0 amide bonds. The normalized spacial score (nSPS) is 11.9. The van der Waals surface area contributed by atoms with E-state index < -0.39 is 0 Å². The molecule has 126 valence electrons. The van der Waals surface area contributed by atoms with E-state index in [0.29, 0.717) is 17.5 Å². The van der Waals surface area contributed by atoms with Gasteiger partial charge in [-0.2, -0.15) is 4.98 Å². The Kier molecular flexibility index (Phi) is 4.45. The third-order valence-electron chi connectivity index (χ3n) is 3.59. The summed E-state index contributed by atoms with van der Waals surface area (Å²) in [6.45, 7) is 10.2. The molecular formula is C17H21N5OS. The Morgan fingerprint density at radius 3 is 2.54 bits per heavy atom. The number of thioether (sulfide) groups is 1. The zero-order valence-electron chi connectivity index (χ0n) is 14.6. The highest BCUT2D eigenvalue weighted by atomic mass is 32.2. The highest BCUT2D eigenvalue weighted by Gasteiger charge is 2.22. The molecule has 6 nitrogen and oxygen atoms in total. The molecule has 3 rings (SSSR count). The summed E-state index contributed by atoms with van der Waals surface area (Å²) < 4.78 is 7.40. The average molecular weight is 343 g/mol. The van der Waals surface area contributed by atoms with Crippen molar-refractivity contribution in [1.82, 2.24) is 24.9 Å². The number of aromatic nitrogens is 5. The fraction of sp³-hybridized carbons (Fsp3) is 0.412. The van der Waals surface area contributed by atoms with Crippen molar-refractivity contribution in [1.29, 1.82) is 0 Å². The first-order chi connectivity index (χ1) is 11.4. The molecule has 3 aromatic rings. The predicted molar refractivity (Wildman–Crippen MR) is 93.4 cm³/mol. The second-order valence-electron chi connectivity index (χ2n) is 6.71. The quantitative estimate of drug-likeness (QED) is 0.670.